The van der Waals surface area contributed by atoms with E-state index in [2.05, 4.69) is 31.2 Å². The largest absolute Gasteiger partial charge is 0.345 e. The molecule has 0 aliphatic heterocycles. The molecule has 0 fully saturated rings. The van der Waals surface area contributed by atoms with E-state index in [-0.39, 0.29) is 0 Å². The maximum absolute atomic E-state index is 5.96. The molecule has 1 rings (SSSR count). The molecule has 0 aromatic heterocycles. The second-order valence-electron chi connectivity index (χ2n) is 6.54. The van der Waals surface area contributed by atoms with Crippen molar-refractivity contribution in [3.8, 4) is 0 Å². The minimum atomic E-state index is -2.55. The molecule has 4 heteroatoms. The van der Waals surface area contributed by atoms with E-state index in [9.17, 15) is 0 Å². The Balaban J connectivity index is 2.03. The Morgan fingerprint density at radius 2 is 1.09 bits per heavy atom. The lowest BCUT2D eigenvalue weighted by Gasteiger charge is -2.08. The van der Waals surface area contributed by atoms with Gasteiger partial charge >= 0.3 is 6.00 Å². The van der Waals surface area contributed by atoms with Gasteiger partial charge < -0.3 is 0 Å². The highest BCUT2D eigenvalue weighted by atomic mass is 35.8. The maximum atomic E-state index is 5.96. The van der Waals surface area contributed by atoms with Gasteiger partial charge in [0.25, 0.3) is 0 Å². The Kier molecular flexibility index (Phi) is 11.7. The first-order valence-corrected chi connectivity index (χ1v) is 14.4. The standard InChI is InChI=1S/C19H31Cl3Si/c1-2-3-4-5-6-7-8-9-10-11-12-18-13-15-19(16-14-18)17-23(20,21)22/h13-16H,2-12,17H2,1H3. The zero-order valence-electron chi connectivity index (χ0n) is 14.4. The van der Waals surface area contributed by atoms with E-state index < -0.39 is 6.00 Å². The lowest BCUT2D eigenvalue weighted by atomic mass is 10.0. The summed E-state index contributed by atoms with van der Waals surface area (Å²) in [6.45, 7) is 2.27. The van der Waals surface area contributed by atoms with E-state index in [0.29, 0.717) is 6.04 Å². The first-order chi connectivity index (χ1) is 11.0. The van der Waals surface area contributed by atoms with Crippen LogP contribution in [-0.2, 0) is 12.5 Å². The van der Waals surface area contributed by atoms with Gasteiger partial charge in [0.05, 0.1) is 0 Å². The monoisotopic (exact) mass is 392 g/mol. The molecule has 132 valence electrons. The minimum Gasteiger partial charge on any atom is -0.126 e. The van der Waals surface area contributed by atoms with Crippen LogP contribution in [0.5, 0.6) is 0 Å². The second kappa shape index (κ2) is 12.6. The van der Waals surface area contributed by atoms with Crippen LogP contribution >= 0.6 is 33.2 Å². The van der Waals surface area contributed by atoms with Crippen LogP contribution in [-0.4, -0.2) is 6.00 Å². The van der Waals surface area contributed by atoms with E-state index in [0.717, 1.165) is 5.56 Å². The van der Waals surface area contributed by atoms with Crippen LogP contribution in [0.4, 0.5) is 0 Å². The molecule has 0 aliphatic rings. The van der Waals surface area contributed by atoms with Gasteiger partial charge in [-0.15, -0.1) is 33.2 Å². The summed E-state index contributed by atoms with van der Waals surface area (Å²) >= 11 is 17.9. The van der Waals surface area contributed by atoms with Gasteiger partial charge in [-0.1, -0.05) is 89.0 Å². The Labute approximate surface area is 158 Å². The van der Waals surface area contributed by atoms with Crippen LogP contribution in [0, 0.1) is 0 Å². The van der Waals surface area contributed by atoms with Crippen LogP contribution in [0.15, 0.2) is 24.3 Å². The van der Waals surface area contributed by atoms with Crippen LogP contribution in [0.2, 0.25) is 0 Å². The average Bonchev–Trinajstić information content (AvgIpc) is 2.49. The summed E-state index contributed by atoms with van der Waals surface area (Å²) in [5, 5.41) is 0. The van der Waals surface area contributed by atoms with Gasteiger partial charge in [0, 0.05) is 6.04 Å². The van der Waals surface area contributed by atoms with E-state index in [1.807, 2.05) is 0 Å². The first kappa shape index (κ1) is 21.3. The van der Waals surface area contributed by atoms with Crippen molar-refractivity contribution in [1.29, 1.82) is 0 Å². The van der Waals surface area contributed by atoms with Gasteiger partial charge in [-0.3, -0.25) is 0 Å². The Morgan fingerprint density at radius 3 is 1.57 bits per heavy atom. The van der Waals surface area contributed by atoms with Gasteiger partial charge in [-0.25, -0.2) is 0 Å². The van der Waals surface area contributed by atoms with E-state index in [1.165, 1.54) is 76.2 Å². The van der Waals surface area contributed by atoms with Crippen LogP contribution in [0.3, 0.4) is 0 Å². The predicted octanol–water partition coefficient (Wildman–Crippen LogP) is 7.89. The molecule has 0 unspecified atom stereocenters. The lowest BCUT2D eigenvalue weighted by molar-refractivity contribution is 0.556. The molecule has 0 bridgehead atoms. The Hall–Kier alpha value is 0.307. The van der Waals surface area contributed by atoms with Gasteiger partial charge in [-0.05, 0) is 24.0 Å². The lowest BCUT2D eigenvalue weighted by Crippen LogP contribution is -2.14. The highest BCUT2D eigenvalue weighted by molar-refractivity contribution is 7.64. The third-order valence-electron chi connectivity index (χ3n) is 4.25. The number of hydrogen-bond donors (Lipinski definition) is 0. The second-order valence-corrected chi connectivity index (χ2v) is 15.7. The molecule has 0 heterocycles. The maximum Gasteiger partial charge on any atom is 0.345 e. The Morgan fingerprint density at radius 1 is 0.652 bits per heavy atom. The highest BCUT2D eigenvalue weighted by Gasteiger charge is 2.24. The normalized spacial score (nSPS) is 11.8. The highest BCUT2D eigenvalue weighted by Crippen LogP contribution is 2.25. The van der Waals surface area contributed by atoms with Crippen LogP contribution < -0.4 is 0 Å². The summed E-state index contributed by atoms with van der Waals surface area (Å²) in [7, 11) is 0. The summed E-state index contributed by atoms with van der Waals surface area (Å²) in [5.74, 6) is 0. The molecule has 0 radical (unpaired) electrons. The third-order valence-corrected chi connectivity index (χ3v) is 6.26. The van der Waals surface area contributed by atoms with Gasteiger partial charge in [-0.2, -0.15) is 0 Å². The fraction of sp³-hybridized carbons (Fsp3) is 0.684. The number of rotatable bonds is 13. The van der Waals surface area contributed by atoms with Crippen molar-refractivity contribution in [1.82, 2.24) is 0 Å². The molecule has 0 saturated carbocycles. The number of halogens is 3. The predicted molar refractivity (Wildman–Crippen MR) is 109 cm³/mol. The van der Waals surface area contributed by atoms with Crippen molar-refractivity contribution in [3.05, 3.63) is 35.4 Å². The molecule has 1 aromatic carbocycles. The van der Waals surface area contributed by atoms with Crippen LogP contribution in [0.25, 0.3) is 0 Å². The quantitative estimate of drug-likeness (QED) is 0.181. The van der Waals surface area contributed by atoms with Crippen molar-refractivity contribution in [2.75, 3.05) is 0 Å². The summed E-state index contributed by atoms with van der Waals surface area (Å²) < 4.78 is 0. The van der Waals surface area contributed by atoms with E-state index in [4.69, 9.17) is 33.2 Å². The van der Waals surface area contributed by atoms with E-state index in [1.54, 1.807) is 0 Å². The smallest absolute Gasteiger partial charge is 0.126 e. The van der Waals surface area contributed by atoms with Gasteiger partial charge in [0.15, 0.2) is 0 Å². The summed E-state index contributed by atoms with van der Waals surface area (Å²) in [6.07, 6.45) is 15.0. The molecule has 0 spiro atoms. The molecule has 0 amide bonds. The molecule has 23 heavy (non-hydrogen) atoms. The molecule has 0 aliphatic carbocycles. The first-order valence-electron chi connectivity index (χ1n) is 9.16. The summed E-state index contributed by atoms with van der Waals surface area (Å²) in [6, 6.07) is 6.65. The average molecular weight is 394 g/mol. The molecule has 0 atom stereocenters. The topological polar surface area (TPSA) is 0 Å². The fourth-order valence-electron chi connectivity index (χ4n) is 2.87. The van der Waals surface area contributed by atoms with Crippen molar-refractivity contribution in [3.63, 3.8) is 0 Å². The molecule has 1 aromatic rings. The summed E-state index contributed by atoms with van der Waals surface area (Å²) in [5.41, 5.74) is 2.54. The molecular weight excluding hydrogens is 363 g/mol. The van der Waals surface area contributed by atoms with Crippen molar-refractivity contribution in [2.24, 2.45) is 0 Å². The third kappa shape index (κ3) is 12.3. The van der Waals surface area contributed by atoms with E-state index >= 15 is 0 Å². The zero-order chi connectivity index (χ0) is 17.0. The van der Waals surface area contributed by atoms with Gasteiger partial charge in [0.2, 0.25) is 0 Å². The molecule has 0 N–H and O–H groups in total. The zero-order valence-corrected chi connectivity index (χ0v) is 17.7. The molecule has 0 saturated heterocycles. The number of aryl methyl sites for hydroxylation is 1. The van der Waals surface area contributed by atoms with Crippen LogP contribution in [0.1, 0.15) is 82.3 Å². The van der Waals surface area contributed by atoms with Crippen molar-refractivity contribution in [2.45, 2.75) is 83.6 Å². The van der Waals surface area contributed by atoms with Gasteiger partial charge in [0.1, 0.15) is 0 Å². The van der Waals surface area contributed by atoms with Crippen molar-refractivity contribution >= 4 is 39.2 Å². The molecular formula is C19H31Cl3Si. The fourth-order valence-corrected chi connectivity index (χ4v) is 4.96. The number of benzene rings is 1. The minimum absolute atomic E-state index is 0.607. The number of hydrogen-bond acceptors (Lipinski definition) is 0. The SMILES string of the molecule is CCCCCCCCCCCCc1ccc(C[Si](Cl)(Cl)Cl)cc1. The van der Waals surface area contributed by atoms with Crippen molar-refractivity contribution < 1.29 is 0 Å². The molecule has 0 nitrogen and oxygen atoms in total. The Bertz CT molecular complexity index is 398. The summed E-state index contributed by atoms with van der Waals surface area (Å²) in [4.78, 5) is 0. The number of unbranched alkanes of at least 4 members (excludes halogenated alkanes) is 9.